The molecule has 1 aliphatic rings. The summed E-state index contributed by atoms with van der Waals surface area (Å²) in [4.78, 5) is 27.5. The summed E-state index contributed by atoms with van der Waals surface area (Å²) < 4.78 is 13.3. The van der Waals surface area contributed by atoms with Gasteiger partial charge in [-0.3, -0.25) is 4.79 Å². The number of nitrogens with two attached hydrogens (primary N) is 1. The number of nitrogen functional groups attached to an aromatic ring is 1. The smallest absolute Gasteiger partial charge is 0.410 e. The van der Waals surface area contributed by atoms with Crippen LogP contribution in [0.3, 0.4) is 0 Å². The Morgan fingerprint density at radius 2 is 1.79 bits per heavy atom. The van der Waals surface area contributed by atoms with Gasteiger partial charge in [-0.15, -0.1) is 0 Å². The van der Waals surface area contributed by atoms with E-state index in [0.717, 1.165) is 24.2 Å². The molecule has 1 aliphatic heterocycles. The van der Waals surface area contributed by atoms with Gasteiger partial charge in [0, 0.05) is 18.7 Å². The molecule has 2 aromatic carbocycles. The number of piperidine rings is 1. The maximum Gasteiger partial charge on any atom is 0.410 e. The first kappa shape index (κ1) is 25.7. The molecule has 0 aliphatic carbocycles. The highest BCUT2D eigenvalue weighted by molar-refractivity contribution is 6.35. The van der Waals surface area contributed by atoms with Gasteiger partial charge >= 0.3 is 6.09 Å². The van der Waals surface area contributed by atoms with Gasteiger partial charge in [0.05, 0.1) is 11.4 Å². The Morgan fingerprint density at radius 1 is 1.11 bits per heavy atom. The minimum absolute atomic E-state index is 0.166. The SMILES string of the molecule is CC(C)(C)OC(=O)N1CCCC(n2c(Cl)c(-c3ccc(Oc4ccccc4)cc3)c3c(N)n[nH]c(=O)c32)C1. The minimum atomic E-state index is -0.608. The second kappa shape index (κ2) is 10.1. The maximum atomic E-state index is 13.1. The van der Waals surface area contributed by atoms with Gasteiger partial charge in [-0.2, -0.15) is 5.10 Å². The fraction of sp³-hybridized carbons (Fsp3) is 0.321. The number of aromatic amines is 1. The number of amides is 1. The first-order valence-electron chi connectivity index (χ1n) is 12.5. The number of hydrogen-bond acceptors (Lipinski definition) is 6. The first-order chi connectivity index (χ1) is 18.1. The molecule has 198 valence electrons. The number of carbonyl (C=O) groups excluding carboxylic acids is 1. The summed E-state index contributed by atoms with van der Waals surface area (Å²) in [6.45, 7) is 6.42. The van der Waals surface area contributed by atoms with E-state index in [2.05, 4.69) is 10.2 Å². The van der Waals surface area contributed by atoms with Gasteiger partial charge in [-0.1, -0.05) is 41.9 Å². The molecule has 1 atom stereocenters. The van der Waals surface area contributed by atoms with E-state index >= 15 is 0 Å². The first-order valence-corrected chi connectivity index (χ1v) is 12.9. The van der Waals surface area contributed by atoms with Crippen molar-refractivity contribution in [1.82, 2.24) is 19.7 Å². The molecule has 1 fully saturated rings. The van der Waals surface area contributed by atoms with Crippen molar-refractivity contribution in [3.05, 3.63) is 70.1 Å². The maximum absolute atomic E-state index is 13.1. The third-order valence-electron chi connectivity index (χ3n) is 6.43. The fourth-order valence-electron chi connectivity index (χ4n) is 4.83. The molecule has 1 saturated heterocycles. The van der Waals surface area contributed by atoms with Crippen LogP contribution in [-0.2, 0) is 4.74 Å². The number of nitrogens with one attached hydrogen (secondary N) is 1. The largest absolute Gasteiger partial charge is 0.457 e. The van der Waals surface area contributed by atoms with Crippen LogP contribution in [0.4, 0.5) is 10.6 Å². The standard InChI is InChI=1S/C28H30ClN5O4/c1-28(2,3)38-27(36)33-15-7-8-18(16-33)34-23-22(25(30)31-32-26(23)35)21(24(34)29)17-11-13-20(14-12-17)37-19-9-5-4-6-10-19/h4-6,9-14,18H,7-8,15-16H2,1-3H3,(H2,30,31)(H,32,35). The number of halogens is 1. The molecule has 1 unspecified atom stereocenters. The zero-order chi connectivity index (χ0) is 27.0. The Hall–Kier alpha value is -3.98. The fourth-order valence-corrected chi connectivity index (χ4v) is 5.26. The predicted molar refractivity (Wildman–Crippen MR) is 148 cm³/mol. The number of hydrogen-bond donors (Lipinski definition) is 2. The van der Waals surface area contributed by atoms with Crippen LogP contribution in [0.25, 0.3) is 22.0 Å². The number of H-pyrrole nitrogens is 1. The third-order valence-corrected chi connectivity index (χ3v) is 6.80. The van der Waals surface area contributed by atoms with Gasteiger partial charge in [0.15, 0.2) is 5.82 Å². The lowest BCUT2D eigenvalue weighted by Crippen LogP contribution is -2.43. The van der Waals surface area contributed by atoms with Crippen molar-refractivity contribution in [3.63, 3.8) is 0 Å². The number of carbonyl (C=O) groups is 1. The van der Waals surface area contributed by atoms with E-state index in [1.54, 1.807) is 9.47 Å². The van der Waals surface area contributed by atoms with Crippen LogP contribution < -0.4 is 16.0 Å². The monoisotopic (exact) mass is 535 g/mol. The number of nitrogens with zero attached hydrogens (tertiary/aromatic N) is 3. The molecule has 5 rings (SSSR count). The van der Waals surface area contributed by atoms with Crippen molar-refractivity contribution in [2.45, 2.75) is 45.3 Å². The summed E-state index contributed by atoms with van der Waals surface area (Å²) in [6.07, 6.45) is 1.08. The topological polar surface area (TPSA) is 115 Å². The summed E-state index contributed by atoms with van der Waals surface area (Å²) in [6, 6.07) is 16.7. The van der Waals surface area contributed by atoms with E-state index in [-0.39, 0.29) is 18.0 Å². The van der Waals surface area contributed by atoms with Crippen LogP contribution in [0, 0.1) is 0 Å². The number of anilines is 1. The molecule has 3 heterocycles. The highest BCUT2D eigenvalue weighted by Crippen LogP contribution is 2.42. The van der Waals surface area contributed by atoms with Crippen LogP contribution in [0.5, 0.6) is 11.5 Å². The molecule has 10 heteroatoms. The average Bonchev–Trinajstić information content (AvgIpc) is 3.20. The van der Waals surface area contributed by atoms with Crippen molar-refractivity contribution < 1.29 is 14.3 Å². The highest BCUT2D eigenvalue weighted by Gasteiger charge is 2.32. The molecule has 0 bridgehead atoms. The van der Waals surface area contributed by atoms with Crippen molar-refractivity contribution in [2.24, 2.45) is 0 Å². The number of benzene rings is 2. The Bertz CT molecular complexity index is 1520. The number of aromatic nitrogens is 3. The molecule has 38 heavy (non-hydrogen) atoms. The van der Waals surface area contributed by atoms with Crippen LogP contribution in [0.1, 0.15) is 39.7 Å². The highest BCUT2D eigenvalue weighted by atomic mass is 35.5. The Labute approximate surface area is 225 Å². The van der Waals surface area contributed by atoms with Crippen LogP contribution in [-0.4, -0.2) is 44.4 Å². The Morgan fingerprint density at radius 3 is 2.47 bits per heavy atom. The average molecular weight is 536 g/mol. The van der Waals surface area contributed by atoms with Gasteiger partial charge < -0.3 is 24.7 Å². The van der Waals surface area contributed by atoms with E-state index < -0.39 is 11.2 Å². The van der Waals surface area contributed by atoms with Crippen molar-refractivity contribution >= 4 is 34.4 Å². The number of fused-ring (bicyclic) bond motifs is 1. The van der Waals surface area contributed by atoms with Crippen LogP contribution in [0.15, 0.2) is 59.4 Å². The van der Waals surface area contributed by atoms with Crippen molar-refractivity contribution in [1.29, 1.82) is 0 Å². The van der Waals surface area contributed by atoms with Crippen molar-refractivity contribution in [2.75, 3.05) is 18.8 Å². The Kier molecular flexibility index (Phi) is 6.79. The zero-order valence-electron chi connectivity index (χ0n) is 21.5. The zero-order valence-corrected chi connectivity index (χ0v) is 22.3. The van der Waals surface area contributed by atoms with Gasteiger partial charge in [0.1, 0.15) is 27.8 Å². The molecule has 0 radical (unpaired) electrons. The van der Waals surface area contributed by atoms with Crippen molar-refractivity contribution in [3.8, 4) is 22.6 Å². The summed E-state index contributed by atoms with van der Waals surface area (Å²) in [5.74, 6) is 1.55. The molecule has 1 amide bonds. The van der Waals surface area contributed by atoms with Gasteiger partial charge in [0.2, 0.25) is 0 Å². The van der Waals surface area contributed by atoms with E-state index in [0.29, 0.717) is 40.5 Å². The van der Waals surface area contributed by atoms with Gasteiger partial charge in [-0.25, -0.2) is 9.89 Å². The van der Waals surface area contributed by atoms with E-state index in [4.69, 9.17) is 26.8 Å². The lowest BCUT2D eigenvalue weighted by molar-refractivity contribution is 0.0174. The summed E-state index contributed by atoms with van der Waals surface area (Å²) in [5, 5.41) is 7.32. The number of para-hydroxylation sites is 1. The molecule has 2 aromatic heterocycles. The number of ether oxygens (including phenoxy) is 2. The van der Waals surface area contributed by atoms with Gasteiger partial charge in [-0.05, 0) is 63.4 Å². The second-order valence-corrected chi connectivity index (χ2v) is 10.7. The molecule has 4 aromatic rings. The summed E-state index contributed by atoms with van der Waals surface area (Å²) >= 11 is 7.03. The normalized spacial score (nSPS) is 16.0. The second-order valence-electron chi connectivity index (χ2n) is 10.4. The number of likely N-dealkylation sites (tertiary alicyclic amines) is 1. The number of rotatable bonds is 4. The summed E-state index contributed by atoms with van der Waals surface area (Å²) in [5.41, 5.74) is 6.98. The predicted octanol–water partition coefficient (Wildman–Crippen LogP) is 5.99. The van der Waals surface area contributed by atoms with Crippen LogP contribution >= 0.6 is 11.6 Å². The lowest BCUT2D eigenvalue weighted by Gasteiger charge is -2.35. The van der Waals surface area contributed by atoms with E-state index in [9.17, 15) is 9.59 Å². The van der Waals surface area contributed by atoms with Gasteiger partial charge in [0.25, 0.3) is 5.56 Å². The summed E-state index contributed by atoms with van der Waals surface area (Å²) in [7, 11) is 0. The quantitative estimate of drug-likeness (QED) is 0.331. The van der Waals surface area contributed by atoms with E-state index in [1.165, 1.54) is 0 Å². The molecular weight excluding hydrogens is 506 g/mol. The molecule has 0 saturated carbocycles. The lowest BCUT2D eigenvalue weighted by atomic mass is 10.1. The van der Waals surface area contributed by atoms with E-state index in [1.807, 2.05) is 75.4 Å². The molecule has 9 nitrogen and oxygen atoms in total. The van der Waals surface area contributed by atoms with Crippen LogP contribution in [0.2, 0.25) is 5.15 Å². The molecule has 0 spiro atoms. The third kappa shape index (κ3) is 5.06. The Balaban J connectivity index is 1.54. The molecular formula is C28H30ClN5O4. The molecule has 3 N–H and O–H groups in total. The minimum Gasteiger partial charge on any atom is -0.457 e.